The number of hydrogen-bond acceptors (Lipinski definition) is 2. The van der Waals surface area contributed by atoms with E-state index >= 15 is 0 Å². The van der Waals surface area contributed by atoms with Gasteiger partial charge in [-0.2, -0.15) is 0 Å². The maximum absolute atomic E-state index is 11.3. The minimum atomic E-state index is -0.175. The summed E-state index contributed by atoms with van der Waals surface area (Å²) in [7, 11) is 0. The van der Waals surface area contributed by atoms with Crippen LogP contribution in [0.3, 0.4) is 0 Å². The van der Waals surface area contributed by atoms with E-state index in [0.717, 1.165) is 28.0 Å². The zero-order chi connectivity index (χ0) is 11.6. The molecule has 0 saturated carbocycles. The lowest BCUT2D eigenvalue weighted by Crippen LogP contribution is -2.09. The van der Waals surface area contributed by atoms with Crippen LogP contribution in [0.4, 0.5) is 0 Å². The average molecular weight is 206 g/mol. The quantitative estimate of drug-likeness (QED) is 0.548. The first-order valence-corrected chi connectivity index (χ1v) is 5.25. The highest BCUT2D eigenvalue weighted by molar-refractivity contribution is 5.73. The van der Waals surface area contributed by atoms with Gasteiger partial charge in [0, 0.05) is 6.42 Å². The predicted molar refractivity (Wildman–Crippen MR) is 61.3 cm³/mol. The van der Waals surface area contributed by atoms with Crippen LogP contribution in [0.15, 0.2) is 6.07 Å². The molecule has 15 heavy (non-hydrogen) atoms. The Bertz CT molecular complexity index is 366. The number of esters is 1. The zero-order valence-electron chi connectivity index (χ0n) is 10.1. The summed E-state index contributed by atoms with van der Waals surface area (Å²) in [6.45, 7) is 9.84. The molecule has 2 heteroatoms. The van der Waals surface area contributed by atoms with Gasteiger partial charge < -0.3 is 4.74 Å². The molecular formula is C13H18O2. The lowest BCUT2D eigenvalue weighted by molar-refractivity contribution is -0.134. The van der Waals surface area contributed by atoms with Gasteiger partial charge in [0.15, 0.2) is 0 Å². The van der Waals surface area contributed by atoms with Gasteiger partial charge in [0.05, 0.1) is 0 Å². The Morgan fingerprint density at radius 1 is 1.13 bits per heavy atom. The Kier molecular flexibility index (Phi) is 3.51. The molecule has 0 aromatic heterocycles. The number of aryl methyl sites for hydroxylation is 2. The van der Waals surface area contributed by atoms with E-state index in [0.29, 0.717) is 6.42 Å². The Morgan fingerprint density at radius 2 is 1.60 bits per heavy atom. The summed E-state index contributed by atoms with van der Waals surface area (Å²) in [6.07, 6.45) is 0.409. The van der Waals surface area contributed by atoms with Crippen molar-refractivity contribution in [3.05, 3.63) is 28.3 Å². The van der Waals surface area contributed by atoms with Crippen molar-refractivity contribution < 1.29 is 9.53 Å². The van der Waals surface area contributed by atoms with Crippen LogP contribution >= 0.6 is 0 Å². The van der Waals surface area contributed by atoms with E-state index in [2.05, 4.69) is 6.07 Å². The Labute approximate surface area is 91.3 Å². The molecule has 2 nitrogen and oxygen atoms in total. The van der Waals surface area contributed by atoms with Gasteiger partial charge in [0.2, 0.25) is 0 Å². The molecule has 0 bridgehead atoms. The van der Waals surface area contributed by atoms with Crippen LogP contribution in [-0.4, -0.2) is 5.97 Å². The van der Waals surface area contributed by atoms with Crippen LogP contribution < -0.4 is 4.74 Å². The van der Waals surface area contributed by atoms with Gasteiger partial charge >= 0.3 is 5.97 Å². The van der Waals surface area contributed by atoms with Crippen molar-refractivity contribution in [3.8, 4) is 5.75 Å². The summed E-state index contributed by atoms with van der Waals surface area (Å²) in [5, 5.41) is 0. The van der Waals surface area contributed by atoms with Gasteiger partial charge in [-0.1, -0.05) is 13.0 Å². The Balaban J connectivity index is 3.21. The summed E-state index contributed by atoms with van der Waals surface area (Å²) in [5.41, 5.74) is 4.44. The second kappa shape index (κ2) is 4.47. The molecule has 0 aliphatic carbocycles. The van der Waals surface area contributed by atoms with E-state index in [1.165, 1.54) is 0 Å². The summed E-state index contributed by atoms with van der Waals surface area (Å²) in [5.74, 6) is 0.561. The molecule has 82 valence electrons. The van der Waals surface area contributed by atoms with Gasteiger partial charge in [-0.15, -0.1) is 0 Å². The van der Waals surface area contributed by atoms with Crippen molar-refractivity contribution in [2.75, 3.05) is 0 Å². The normalized spacial score (nSPS) is 10.2. The highest BCUT2D eigenvalue weighted by atomic mass is 16.5. The zero-order valence-corrected chi connectivity index (χ0v) is 10.1. The molecule has 0 aliphatic rings. The highest BCUT2D eigenvalue weighted by Crippen LogP contribution is 2.29. The van der Waals surface area contributed by atoms with Crippen LogP contribution in [-0.2, 0) is 4.79 Å². The molecule has 0 atom stereocenters. The van der Waals surface area contributed by atoms with Crippen molar-refractivity contribution >= 4 is 5.97 Å². The second-order valence-corrected chi connectivity index (χ2v) is 3.92. The predicted octanol–water partition coefficient (Wildman–Crippen LogP) is 3.24. The van der Waals surface area contributed by atoms with Gasteiger partial charge in [0.1, 0.15) is 5.75 Å². The first kappa shape index (κ1) is 11.8. The monoisotopic (exact) mass is 206 g/mol. The molecule has 1 aromatic rings. The fraction of sp³-hybridized carbons (Fsp3) is 0.462. The topological polar surface area (TPSA) is 26.3 Å². The van der Waals surface area contributed by atoms with E-state index in [4.69, 9.17) is 4.74 Å². The maximum atomic E-state index is 11.3. The molecule has 0 N–H and O–H groups in total. The van der Waals surface area contributed by atoms with Crippen LogP contribution in [0.1, 0.15) is 35.6 Å². The first-order chi connectivity index (χ1) is 6.97. The van der Waals surface area contributed by atoms with E-state index in [1.807, 2.05) is 27.7 Å². The molecule has 0 aliphatic heterocycles. The number of carbonyl (C=O) groups is 1. The van der Waals surface area contributed by atoms with Crippen LogP contribution in [0.5, 0.6) is 5.75 Å². The molecule has 1 aromatic carbocycles. The number of hydrogen-bond donors (Lipinski definition) is 0. The molecule has 1 rings (SSSR count). The third-order valence-corrected chi connectivity index (χ3v) is 2.80. The molecule has 0 unspecified atom stereocenters. The van der Waals surface area contributed by atoms with Crippen molar-refractivity contribution in [1.82, 2.24) is 0 Å². The number of rotatable bonds is 2. The standard InChI is InChI=1S/C13H18O2/c1-6-12(14)15-13-10(4)8(2)7-9(3)11(13)5/h7H,6H2,1-5H3. The summed E-state index contributed by atoms with van der Waals surface area (Å²) >= 11 is 0. The van der Waals surface area contributed by atoms with E-state index in [-0.39, 0.29) is 5.97 Å². The van der Waals surface area contributed by atoms with Gasteiger partial charge in [-0.3, -0.25) is 4.79 Å². The summed E-state index contributed by atoms with van der Waals surface area (Å²) in [4.78, 5) is 11.3. The van der Waals surface area contributed by atoms with Gasteiger partial charge in [-0.05, 0) is 49.9 Å². The van der Waals surface area contributed by atoms with Crippen molar-refractivity contribution in [2.24, 2.45) is 0 Å². The molecule has 0 fully saturated rings. The molecule has 0 amide bonds. The van der Waals surface area contributed by atoms with E-state index in [9.17, 15) is 4.79 Å². The molecule has 0 saturated heterocycles. The summed E-state index contributed by atoms with van der Waals surface area (Å²) in [6, 6.07) is 2.12. The molecular weight excluding hydrogens is 188 g/mol. The lowest BCUT2D eigenvalue weighted by Gasteiger charge is -2.14. The molecule has 0 spiro atoms. The van der Waals surface area contributed by atoms with E-state index in [1.54, 1.807) is 6.92 Å². The smallest absolute Gasteiger partial charge is 0.310 e. The first-order valence-electron chi connectivity index (χ1n) is 5.25. The average Bonchev–Trinajstić information content (AvgIpc) is 2.21. The third kappa shape index (κ3) is 2.38. The Morgan fingerprint density at radius 3 is 2.00 bits per heavy atom. The fourth-order valence-electron chi connectivity index (χ4n) is 1.52. The van der Waals surface area contributed by atoms with Crippen LogP contribution in [0.25, 0.3) is 0 Å². The van der Waals surface area contributed by atoms with Crippen LogP contribution in [0, 0.1) is 27.7 Å². The number of benzene rings is 1. The maximum Gasteiger partial charge on any atom is 0.310 e. The third-order valence-electron chi connectivity index (χ3n) is 2.80. The van der Waals surface area contributed by atoms with Gasteiger partial charge in [0.25, 0.3) is 0 Å². The highest BCUT2D eigenvalue weighted by Gasteiger charge is 2.12. The molecule has 0 heterocycles. The lowest BCUT2D eigenvalue weighted by atomic mass is 10.0. The summed E-state index contributed by atoms with van der Waals surface area (Å²) < 4.78 is 5.35. The minimum Gasteiger partial charge on any atom is -0.426 e. The molecule has 0 radical (unpaired) electrons. The Hall–Kier alpha value is -1.31. The second-order valence-electron chi connectivity index (χ2n) is 3.92. The minimum absolute atomic E-state index is 0.175. The van der Waals surface area contributed by atoms with Crippen molar-refractivity contribution in [3.63, 3.8) is 0 Å². The number of ether oxygens (including phenoxy) is 1. The SMILES string of the molecule is CCC(=O)Oc1c(C)c(C)cc(C)c1C. The fourth-order valence-corrected chi connectivity index (χ4v) is 1.52. The van der Waals surface area contributed by atoms with Gasteiger partial charge in [-0.25, -0.2) is 0 Å². The number of carbonyl (C=O) groups excluding carboxylic acids is 1. The van der Waals surface area contributed by atoms with Crippen LogP contribution in [0.2, 0.25) is 0 Å². The van der Waals surface area contributed by atoms with Crippen molar-refractivity contribution in [1.29, 1.82) is 0 Å². The van der Waals surface area contributed by atoms with E-state index < -0.39 is 0 Å². The largest absolute Gasteiger partial charge is 0.426 e. The van der Waals surface area contributed by atoms with Crippen molar-refractivity contribution in [2.45, 2.75) is 41.0 Å².